The molecule has 5 nitrogen and oxygen atoms in total. The standard InChI is InChI=1S/C13H14N2O3/c1-2-10(16)15-12(17)18-8-13(15)11(14-13)9-6-4-3-5-7-9/h3-7,11,14H,2,8H2,1H3/t11?,13-/m0/s1. The molecule has 0 aromatic heterocycles. The van der Waals surface area contributed by atoms with E-state index < -0.39 is 11.8 Å². The van der Waals surface area contributed by atoms with E-state index >= 15 is 0 Å². The first-order valence-electron chi connectivity index (χ1n) is 6.01. The Bertz CT molecular complexity index is 502. The zero-order valence-corrected chi connectivity index (χ0v) is 10.1. The van der Waals surface area contributed by atoms with E-state index in [2.05, 4.69) is 5.32 Å². The Balaban J connectivity index is 1.89. The molecule has 2 aliphatic rings. The molecule has 2 fully saturated rings. The van der Waals surface area contributed by atoms with Crippen molar-refractivity contribution < 1.29 is 14.3 Å². The zero-order chi connectivity index (χ0) is 12.8. The molecule has 0 radical (unpaired) electrons. The van der Waals surface area contributed by atoms with Gasteiger partial charge in [-0.1, -0.05) is 37.3 Å². The highest BCUT2D eigenvalue weighted by molar-refractivity contribution is 5.95. The minimum atomic E-state index is -0.661. The Hall–Kier alpha value is -1.88. The van der Waals surface area contributed by atoms with Gasteiger partial charge in [0.2, 0.25) is 5.91 Å². The molecule has 0 bridgehead atoms. The van der Waals surface area contributed by atoms with Crippen molar-refractivity contribution in [1.82, 2.24) is 10.2 Å². The lowest BCUT2D eigenvalue weighted by Gasteiger charge is -2.17. The summed E-state index contributed by atoms with van der Waals surface area (Å²) in [5.74, 6) is -0.205. The summed E-state index contributed by atoms with van der Waals surface area (Å²) >= 11 is 0. The second kappa shape index (κ2) is 3.81. The van der Waals surface area contributed by atoms with Crippen molar-refractivity contribution in [2.45, 2.75) is 25.0 Å². The van der Waals surface area contributed by atoms with Crippen molar-refractivity contribution in [2.75, 3.05) is 6.61 Å². The number of hydrogen-bond donors (Lipinski definition) is 1. The topological polar surface area (TPSA) is 68.5 Å². The molecule has 1 unspecified atom stereocenters. The second-order valence-electron chi connectivity index (χ2n) is 4.55. The van der Waals surface area contributed by atoms with Gasteiger partial charge in [0.1, 0.15) is 6.61 Å². The summed E-state index contributed by atoms with van der Waals surface area (Å²) in [7, 11) is 0. The number of imide groups is 1. The van der Waals surface area contributed by atoms with Crippen LogP contribution in [0.2, 0.25) is 0 Å². The van der Waals surface area contributed by atoms with E-state index in [4.69, 9.17) is 4.74 Å². The first-order chi connectivity index (χ1) is 8.69. The number of rotatable bonds is 2. The maximum atomic E-state index is 11.8. The molecule has 2 saturated heterocycles. The Morgan fingerprint density at radius 3 is 2.89 bits per heavy atom. The third-order valence-electron chi connectivity index (χ3n) is 3.47. The third kappa shape index (κ3) is 1.44. The Morgan fingerprint density at radius 1 is 1.50 bits per heavy atom. The van der Waals surface area contributed by atoms with Crippen LogP contribution in [0.25, 0.3) is 0 Å². The van der Waals surface area contributed by atoms with Gasteiger partial charge in [0.15, 0.2) is 5.66 Å². The van der Waals surface area contributed by atoms with Crippen molar-refractivity contribution in [3.8, 4) is 0 Å². The van der Waals surface area contributed by atoms with Gasteiger partial charge >= 0.3 is 6.09 Å². The molecule has 1 N–H and O–H groups in total. The SMILES string of the molecule is CCC(=O)N1C(=O)OC[C@]12NC2c1ccccc1. The summed E-state index contributed by atoms with van der Waals surface area (Å²) in [5.41, 5.74) is 0.399. The van der Waals surface area contributed by atoms with Crippen LogP contribution in [0.3, 0.4) is 0 Å². The fourth-order valence-corrected chi connectivity index (χ4v) is 2.48. The molecule has 1 spiro atoms. The lowest BCUT2D eigenvalue weighted by atomic mass is 10.1. The van der Waals surface area contributed by atoms with E-state index in [0.717, 1.165) is 5.56 Å². The Morgan fingerprint density at radius 2 is 2.22 bits per heavy atom. The van der Waals surface area contributed by atoms with Gasteiger partial charge in [-0.15, -0.1) is 0 Å². The zero-order valence-electron chi connectivity index (χ0n) is 10.1. The Kier molecular flexibility index (Phi) is 2.38. The number of nitrogens with zero attached hydrogens (tertiary/aromatic N) is 1. The minimum Gasteiger partial charge on any atom is -0.445 e. The number of carbonyl (C=O) groups is 2. The van der Waals surface area contributed by atoms with E-state index in [1.807, 2.05) is 30.3 Å². The van der Waals surface area contributed by atoms with Gasteiger partial charge in [-0.05, 0) is 5.56 Å². The number of cyclic esters (lactones) is 1. The van der Waals surface area contributed by atoms with Crippen molar-refractivity contribution >= 4 is 12.0 Å². The summed E-state index contributed by atoms with van der Waals surface area (Å²) in [6.07, 6.45) is -0.257. The van der Waals surface area contributed by atoms with E-state index in [0.29, 0.717) is 6.42 Å². The van der Waals surface area contributed by atoms with Crippen molar-refractivity contribution in [3.05, 3.63) is 35.9 Å². The minimum absolute atomic E-state index is 0.0272. The first kappa shape index (κ1) is 11.2. The van der Waals surface area contributed by atoms with Crippen LogP contribution in [0.15, 0.2) is 30.3 Å². The average molecular weight is 246 g/mol. The van der Waals surface area contributed by atoms with Crippen LogP contribution < -0.4 is 5.32 Å². The molecule has 0 saturated carbocycles. The number of hydrogen-bond acceptors (Lipinski definition) is 4. The van der Waals surface area contributed by atoms with Gasteiger partial charge in [0.25, 0.3) is 0 Å². The predicted octanol–water partition coefficient (Wildman–Crippen LogP) is 1.42. The van der Waals surface area contributed by atoms with Gasteiger partial charge in [-0.3, -0.25) is 10.1 Å². The van der Waals surface area contributed by atoms with Crippen molar-refractivity contribution in [2.24, 2.45) is 0 Å². The fraction of sp³-hybridized carbons (Fsp3) is 0.385. The largest absolute Gasteiger partial charge is 0.445 e. The molecule has 1 aromatic rings. The van der Waals surface area contributed by atoms with Gasteiger partial charge in [-0.25, -0.2) is 9.69 Å². The van der Waals surface area contributed by atoms with Crippen LogP contribution in [0, 0.1) is 0 Å². The lowest BCUT2D eigenvalue weighted by molar-refractivity contribution is -0.129. The summed E-state index contributed by atoms with van der Waals surface area (Å²) in [5, 5.41) is 3.22. The van der Waals surface area contributed by atoms with Crippen LogP contribution in [0.1, 0.15) is 24.9 Å². The molecule has 18 heavy (non-hydrogen) atoms. The molecule has 2 heterocycles. The molecule has 3 rings (SSSR count). The van der Waals surface area contributed by atoms with Gasteiger partial charge in [-0.2, -0.15) is 0 Å². The van der Waals surface area contributed by atoms with Gasteiger partial charge in [0.05, 0.1) is 6.04 Å². The summed E-state index contributed by atoms with van der Waals surface area (Å²) in [6, 6.07) is 9.73. The molecule has 2 amide bonds. The maximum absolute atomic E-state index is 11.8. The number of benzene rings is 1. The average Bonchev–Trinajstić information content (AvgIpc) is 3.03. The number of carbonyl (C=O) groups excluding carboxylic acids is 2. The molecular weight excluding hydrogens is 232 g/mol. The van der Waals surface area contributed by atoms with Crippen LogP contribution in [-0.4, -0.2) is 29.2 Å². The number of ether oxygens (including phenoxy) is 1. The Labute approximate surface area is 105 Å². The molecule has 5 heteroatoms. The molecular formula is C13H14N2O3. The summed E-state index contributed by atoms with van der Waals surface area (Å²) < 4.78 is 5.02. The summed E-state index contributed by atoms with van der Waals surface area (Å²) in [4.78, 5) is 24.7. The van der Waals surface area contributed by atoms with E-state index in [9.17, 15) is 9.59 Å². The molecule has 2 atom stereocenters. The second-order valence-corrected chi connectivity index (χ2v) is 4.55. The van der Waals surface area contributed by atoms with Crippen LogP contribution in [0.5, 0.6) is 0 Å². The van der Waals surface area contributed by atoms with Crippen LogP contribution in [-0.2, 0) is 9.53 Å². The van der Waals surface area contributed by atoms with Crippen LogP contribution in [0.4, 0.5) is 4.79 Å². The van der Waals surface area contributed by atoms with E-state index in [-0.39, 0.29) is 18.6 Å². The van der Waals surface area contributed by atoms with Crippen LogP contribution >= 0.6 is 0 Å². The maximum Gasteiger partial charge on any atom is 0.418 e. The van der Waals surface area contributed by atoms with Gasteiger partial charge < -0.3 is 4.74 Å². The van der Waals surface area contributed by atoms with Crippen molar-refractivity contribution in [3.63, 3.8) is 0 Å². The van der Waals surface area contributed by atoms with Gasteiger partial charge in [0, 0.05) is 6.42 Å². The molecule has 2 aliphatic heterocycles. The van der Waals surface area contributed by atoms with E-state index in [1.165, 1.54) is 4.90 Å². The highest BCUT2D eigenvalue weighted by Gasteiger charge is 2.66. The summed E-state index contributed by atoms with van der Waals surface area (Å²) in [6.45, 7) is 1.96. The predicted molar refractivity (Wildman–Crippen MR) is 63.5 cm³/mol. The normalized spacial score (nSPS) is 29.5. The van der Waals surface area contributed by atoms with E-state index in [1.54, 1.807) is 6.92 Å². The monoisotopic (exact) mass is 246 g/mol. The highest BCUT2D eigenvalue weighted by atomic mass is 16.6. The van der Waals surface area contributed by atoms with Crippen molar-refractivity contribution in [1.29, 1.82) is 0 Å². The molecule has 94 valence electrons. The molecule has 1 aromatic carbocycles. The smallest absolute Gasteiger partial charge is 0.418 e. The number of nitrogens with one attached hydrogen (secondary N) is 1. The third-order valence-corrected chi connectivity index (χ3v) is 3.47. The first-order valence-corrected chi connectivity index (χ1v) is 6.01. The fourth-order valence-electron chi connectivity index (χ4n) is 2.48. The molecule has 0 aliphatic carbocycles. The quantitative estimate of drug-likeness (QED) is 0.801. The highest BCUT2D eigenvalue weighted by Crippen LogP contribution is 2.47. The number of amides is 2. The lowest BCUT2D eigenvalue weighted by Crippen LogP contribution is -2.43.